The average molecular weight is 334 g/mol. The Morgan fingerprint density at radius 2 is 2.09 bits per heavy atom. The molecule has 2 aliphatic rings. The third-order valence-corrected chi connectivity index (χ3v) is 5.60. The maximum absolute atomic E-state index is 5.49. The van der Waals surface area contributed by atoms with Crippen LogP contribution in [0.1, 0.15) is 60.1 Å². The molecule has 3 heterocycles. The zero-order chi connectivity index (χ0) is 15.6. The van der Waals surface area contributed by atoms with Crippen molar-refractivity contribution in [2.24, 2.45) is 5.92 Å². The van der Waals surface area contributed by atoms with E-state index >= 15 is 0 Å². The van der Waals surface area contributed by atoms with Crippen LogP contribution in [0.2, 0.25) is 0 Å². The average Bonchev–Trinajstić information content (AvgIpc) is 3.17. The molecule has 0 aromatic carbocycles. The number of aryl methyl sites for hydroxylation is 1. The van der Waals surface area contributed by atoms with Gasteiger partial charge < -0.3 is 9.26 Å². The number of hydrogen-bond donors (Lipinski definition) is 1. The second-order valence-electron chi connectivity index (χ2n) is 6.44. The summed E-state index contributed by atoms with van der Waals surface area (Å²) in [5, 5.41) is 11.0. The number of nitrogens with zero attached hydrogens (tertiary/aromatic N) is 3. The molecule has 124 valence electrons. The van der Waals surface area contributed by atoms with Crippen LogP contribution in [-0.2, 0) is 11.3 Å². The number of nitrogens with one attached hydrogen (secondary N) is 1. The summed E-state index contributed by atoms with van der Waals surface area (Å²) in [6.45, 7) is 4.21. The number of hydrogen-bond acceptors (Lipinski definition) is 7. The van der Waals surface area contributed by atoms with Gasteiger partial charge in [-0.3, -0.25) is 5.32 Å². The molecular weight excluding hydrogens is 312 g/mol. The highest BCUT2D eigenvalue weighted by Gasteiger charge is 2.30. The van der Waals surface area contributed by atoms with Crippen LogP contribution in [0.15, 0.2) is 9.90 Å². The topological polar surface area (TPSA) is 73.1 Å². The second-order valence-corrected chi connectivity index (χ2v) is 7.33. The predicted molar refractivity (Wildman–Crippen MR) is 86.2 cm³/mol. The van der Waals surface area contributed by atoms with Crippen LogP contribution in [0.4, 0.5) is 0 Å². The lowest BCUT2D eigenvalue weighted by atomic mass is 9.91. The fourth-order valence-electron chi connectivity index (χ4n) is 3.08. The molecule has 2 fully saturated rings. The molecule has 0 bridgehead atoms. The number of thiazole rings is 1. The van der Waals surface area contributed by atoms with Crippen molar-refractivity contribution in [2.75, 3.05) is 13.2 Å². The number of aromatic nitrogens is 3. The van der Waals surface area contributed by atoms with E-state index in [1.165, 1.54) is 17.8 Å². The van der Waals surface area contributed by atoms with E-state index in [9.17, 15) is 0 Å². The summed E-state index contributed by atoms with van der Waals surface area (Å²) in [6, 6.07) is 0.0752. The van der Waals surface area contributed by atoms with E-state index < -0.39 is 0 Å². The first-order valence-corrected chi connectivity index (χ1v) is 9.23. The lowest BCUT2D eigenvalue weighted by Gasteiger charge is -2.28. The fraction of sp³-hybridized carbons (Fsp3) is 0.688. The van der Waals surface area contributed by atoms with Gasteiger partial charge in [-0.2, -0.15) is 4.98 Å². The summed E-state index contributed by atoms with van der Waals surface area (Å²) in [6.07, 6.45) is 4.63. The SMILES string of the molecule is Cc1noc([C@H](NCc2csc(C3CC3)n2)C2CCOCC2)n1. The van der Waals surface area contributed by atoms with Crippen LogP contribution in [0.3, 0.4) is 0 Å². The van der Waals surface area contributed by atoms with Gasteiger partial charge in [0.2, 0.25) is 5.89 Å². The monoisotopic (exact) mass is 334 g/mol. The van der Waals surface area contributed by atoms with Crippen LogP contribution >= 0.6 is 11.3 Å². The Labute approximate surface area is 139 Å². The molecule has 0 amide bonds. The lowest BCUT2D eigenvalue weighted by Crippen LogP contribution is -2.32. The van der Waals surface area contributed by atoms with Gasteiger partial charge in [-0.1, -0.05) is 5.16 Å². The minimum Gasteiger partial charge on any atom is -0.381 e. The van der Waals surface area contributed by atoms with Gasteiger partial charge in [0.15, 0.2) is 5.82 Å². The van der Waals surface area contributed by atoms with Crippen molar-refractivity contribution in [2.45, 2.75) is 51.1 Å². The molecule has 1 atom stereocenters. The summed E-state index contributed by atoms with van der Waals surface area (Å²) in [5.74, 6) is 2.55. The highest BCUT2D eigenvalue weighted by Crippen LogP contribution is 2.41. The van der Waals surface area contributed by atoms with Gasteiger partial charge in [0, 0.05) is 31.1 Å². The van der Waals surface area contributed by atoms with E-state index in [1.807, 2.05) is 6.92 Å². The van der Waals surface area contributed by atoms with Gasteiger partial charge in [0.25, 0.3) is 0 Å². The molecule has 1 saturated carbocycles. The zero-order valence-electron chi connectivity index (χ0n) is 13.3. The summed E-state index contributed by atoms with van der Waals surface area (Å²) in [4.78, 5) is 9.20. The van der Waals surface area contributed by atoms with E-state index in [-0.39, 0.29) is 6.04 Å². The highest BCUT2D eigenvalue weighted by molar-refractivity contribution is 7.09. The zero-order valence-corrected chi connectivity index (χ0v) is 14.1. The first-order chi connectivity index (χ1) is 11.3. The van der Waals surface area contributed by atoms with E-state index in [0.717, 1.165) is 44.2 Å². The molecule has 0 radical (unpaired) electrons. The summed E-state index contributed by atoms with van der Waals surface area (Å²) in [7, 11) is 0. The van der Waals surface area contributed by atoms with Crippen LogP contribution in [-0.4, -0.2) is 28.3 Å². The Hall–Kier alpha value is -1.31. The Morgan fingerprint density at radius 1 is 1.26 bits per heavy atom. The maximum Gasteiger partial charge on any atom is 0.244 e. The number of rotatable bonds is 6. The quantitative estimate of drug-likeness (QED) is 0.875. The summed E-state index contributed by atoms with van der Waals surface area (Å²) in [5.41, 5.74) is 1.12. The second kappa shape index (κ2) is 6.67. The van der Waals surface area contributed by atoms with Gasteiger partial charge in [-0.25, -0.2) is 4.98 Å². The van der Waals surface area contributed by atoms with E-state index in [4.69, 9.17) is 14.2 Å². The molecule has 0 spiro atoms. The molecule has 0 unspecified atom stereocenters. The van der Waals surface area contributed by atoms with Crippen molar-refractivity contribution >= 4 is 11.3 Å². The Bertz CT molecular complexity index is 646. The standard InChI is InChI=1S/C16H22N4O2S/c1-10-18-15(22-20-10)14(11-4-6-21-7-5-11)17-8-13-9-23-16(19-13)12-2-3-12/h9,11-12,14,17H,2-8H2,1H3/t14-/m1/s1. The molecule has 7 heteroatoms. The molecular formula is C16H22N4O2S. The van der Waals surface area contributed by atoms with Gasteiger partial charge in [0.1, 0.15) is 0 Å². The van der Waals surface area contributed by atoms with Gasteiger partial charge >= 0.3 is 0 Å². The molecule has 23 heavy (non-hydrogen) atoms. The molecule has 1 saturated heterocycles. The van der Waals surface area contributed by atoms with Crippen LogP contribution in [0.5, 0.6) is 0 Å². The van der Waals surface area contributed by atoms with Gasteiger partial charge in [0.05, 0.1) is 16.7 Å². The first-order valence-electron chi connectivity index (χ1n) is 8.35. The van der Waals surface area contributed by atoms with Crippen molar-refractivity contribution in [1.82, 2.24) is 20.4 Å². The highest BCUT2D eigenvalue weighted by atomic mass is 32.1. The number of ether oxygens (including phenoxy) is 1. The van der Waals surface area contributed by atoms with Crippen molar-refractivity contribution in [3.63, 3.8) is 0 Å². The molecule has 2 aromatic heterocycles. The van der Waals surface area contributed by atoms with Crippen molar-refractivity contribution < 1.29 is 9.26 Å². The molecule has 2 aromatic rings. The van der Waals surface area contributed by atoms with Crippen molar-refractivity contribution in [3.05, 3.63) is 27.8 Å². The van der Waals surface area contributed by atoms with E-state index in [2.05, 4.69) is 20.8 Å². The molecule has 1 aliphatic heterocycles. The van der Waals surface area contributed by atoms with Crippen molar-refractivity contribution in [3.8, 4) is 0 Å². The van der Waals surface area contributed by atoms with E-state index in [1.54, 1.807) is 11.3 Å². The molecule has 6 nitrogen and oxygen atoms in total. The summed E-state index contributed by atoms with van der Waals surface area (Å²) >= 11 is 1.78. The predicted octanol–water partition coefficient (Wildman–Crippen LogP) is 2.97. The summed E-state index contributed by atoms with van der Waals surface area (Å²) < 4.78 is 10.9. The van der Waals surface area contributed by atoms with Crippen LogP contribution < -0.4 is 5.32 Å². The maximum atomic E-state index is 5.49. The van der Waals surface area contributed by atoms with Gasteiger partial charge in [-0.05, 0) is 38.5 Å². The Morgan fingerprint density at radius 3 is 2.78 bits per heavy atom. The lowest BCUT2D eigenvalue weighted by molar-refractivity contribution is 0.0485. The molecule has 1 aliphatic carbocycles. The fourth-order valence-corrected chi connectivity index (χ4v) is 4.07. The minimum atomic E-state index is 0.0752. The minimum absolute atomic E-state index is 0.0752. The smallest absolute Gasteiger partial charge is 0.244 e. The van der Waals surface area contributed by atoms with Gasteiger partial charge in [-0.15, -0.1) is 11.3 Å². The van der Waals surface area contributed by atoms with E-state index in [0.29, 0.717) is 17.6 Å². The van der Waals surface area contributed by atoms with Crippen molar-refractivity contribution in [1.29, 1.82) is 0 Å². The molecule has 1 N–H and O–H groups in total. The third kappa shape index (κ3) is 3.62. The molecule has 4 rings (SSSR count). The third-order valence-electron chi connectivity index (χ3n) is 4.55. The van der Waals surface area contributed by atoms with Crippen LogP contribution in [0, 0.1) is 12.8 Å². The Balaban J connectivity index is 1.45. The Kier molecular flexibility index (Phi) is 4.41. The largest absolute Gasteiger partial charge is 0.381 e. The van der Waals surface area contributed by atoms with Crippen LogP contribution in [0.25, 0.3) is 0 Å². The normalized spacial score (nSPS) is 20.7. The first kappa shape index (κ1) is 15.2.